The summed E-state index contributed by atoms with van der Waals surface area (Å²) in [6.07, 6.45) is 0. The Morgan fingerprint density at radius 1 is 0.540 bits per heavy atom. The molecule has 0 heterocycles. The van der Waals surface area contributed by atoms with Crippen LogP contribution in [0.15, 0.2) is 146 Å². The molecule has 0 amide bonds. The number of hydrogen-bond donors (Lipinski definition) is 0. The Bertz CT molecular complexity index is 1990. The van der Waals surface area contributed by atoms with Crippen LogP contribution in [-0.4, -0.2) is 3.26 Å². The molecule has 50 heavy (non-hydrogen) atoms. The van der Waals surface area contributed by atoms with Crippen molar-refractivity contribution in [3.05, 3.63) is 179 Å². The Hall–Kier alpha value is -3.36. The van der Waals surface area contributed by atoms with E-state index in [1.54, 1.807) is 0 Å². The quantitative estimate of drug-likeness (QED) is 0.136. The van der Waals surface area contributed by atoms with E-state index < -0.39 is 0 Å². The molecule has 0 spiro atoms. The van der Waals surface area contributed by atoms with Gasteiger partial charge in [0.15, 0.2) is 0 Å². The zero-order valence-electron chi connectivity index (χ0n) is 30.6. The van der Waals surface area contributed by atoms with Gasteiger partial charge >= 0.3 is 98.9 Å². The average Bonchev–Trinajstić information content (AvgIpc) is 3.74. The summed E-state index contributed by atoms with van der Waals surface area (Å²) in [5.41, 5.74) is 11.3. The molecule has 0 radical (unpaired) electrons. The van der Waals surface area contributed by atoms with E-state index >= 15 is 0 Å². The van der Waals surface area contributed by atoms with Crippen molar-refractivity contribution in [3.63, 3.8) is 0 Å². The van der Waals surface area contributed by atoms with Crippen LogP contribution in [0.2, 0.25) is 0 Å². The zero-order chi connectivity index (χ0) is 34.5. The van der Waals surface area contributed by atoms with E-state index in [2.05, 4.69) is 201 Å². The van der Waals surface area contributed by atoms with E-state index in [1.807, 2.05) is 0 Å². The van der Waals surface area contributed by atoms with Gasteiger partial charge in [-0.3, -0.25) is 0 Å². The van der Waals surface area contributed by atoms with Gasteiger partial charge in [0.25, 0.3) is 0 Å². The van der Waals surface area contributed by atoms with Crippen LogP contribution in [-0.2, 0) is 34.7 Å². The van der Waals surface area contributed by atoms with E-state index in [0.29, 0.717) is 0 Å². The topological polar surface area (TPSA) is 0 Å². The van der Waals surface area contributed by atoms with Crippen molar-refractivity contribution in [2.45, 2.75) is 66.2 Å². The van der Waals surface area contributed by atoms with Crippen LogP contribution in [0.4, 0.5) is 0 Å². The van der Waals surface area contributed by atoms with E-state index in [-0.39, 0.29) is 35.6 Å². The molecule has 0 atom stereocenters. The van der Waals surface area contributed by atoms with Gasteiger partial charge in [-0.2, -0.15) is 18.2 Å². The third-order valence-corrected chi connectivity index (χ3v) is 11.2. The fourth-order valence-corrected chi connectivity index (χ4v) is 7.15. The molecule has 0 N–H and O–H groups in total. The van der Waals surface area contributed by atoms with Crippen molar-refractivity contribution in [2.75, 3.05) is 0 Å². The molecular formula is C47H48Cl2Hf-2. The van der Waals surface area contributed by atoms with Gasteiger partial charge in [0.05, 0.1) is 0 Å². The van der Waals surface area contributed by atoms with Crippen molar-refractivity contribution >= 4 is 24.8 Å². The summed E-state index contributed by atoms with van der Waals surface area (Å²) in [6, 6.07) is 52.3. The molecule has 0 nitrogen and oxygen atoms in total. The molecule has 0 aliphatic heterocycles. The van der Waals surface area contributed by atoms with Gasteiger partial charge in [-0.15, -0.1) is 51.4 Å². The van der Waals surface area contributed by atoms with E-state index in [0.717, 1.165) is 23.9 Å². The predicted molar refractivity (Wildman–Crippen MR) is 207 cm³/mol. The first-order valence-electron chi connectivity index (χ1n) is 16.9. The minimum atomic E-state index is 0. The summed E-state index contributed by atoms with van der Waals surface area (Å²) < 4.78 is 1.46. The van der Waals surface area contributed by atoms with Crippen molar-refractivity contribution in [3.8, 4) is 11.1 Å². The van der Waals surface area contributed by atoms with Gasteiger partial charge < -0.3 is 24.8 Å². The molecule has 256 valence electrons. The Kier molecular flexibility index (Phi) is 14.6. The molecule has 7 aromatic carbocycles. The molecule has 0 aromatic heterocycles. The fourth-order valence-electron chi connectivity index (χ4n) is 5.95. The van der Waals surface area contributed by atoms with Gasteiger partial charge in [0.2, 0.25) is 0 Å². The molecule has 0 aliphatic carbocycles. The first kappa shape index (κ1) is 41.1. The van der Waals surface area contributed by atoms with Crippen LogP contribution in [0.1, 0.15) is 74.9 Å². The Balaban J connectivity index is 0.000000206. The molecule has 0 bridgehead atoms. The van der Waals surface area contributed by atoms with E-state index in [1.165, 1.54) is 69.3 Å². The standard InChI is InChI=1S/C21H25.C13H13.C13H10.2ClH.Hf/c1-20(2,3)16-7-9-18-14(12-16)11-15-13-17(21(4,5)6)8-10-19(15)18;1-10-6-5-9-13(11(10)2)12-7-3-4-8-12;1-3-7-12(8-4-1)11-13-9-5-2-6-10-13;;;/h7-13H,1-6H3;3-9H,1-2H3;1-10H;2*1H;/q2*-1;;;;+2/p-2. The van der Waals surface area contributed by atoms with Crippen molar-refractivity contribution < 1.29 is 48.7 Å². The molecule has 0 saturated heterocycles. The second kappa shape index (κ2) is 17.7. The van der Waals surface area contributed by atoms with Crippen molar-refractivity contribution in [1.82, 2.24) is 0 Å². The SMILES string of the molecule is CC(C)(C)c1ccc2c(c1)[cH-]c1cc(C(C)(C)C)ccc12.Cc1cccc(-c2ccc[cH-]2)c1C.[Cl-].[Cl-].[Hf+2]=[C](c1ccccc1)c1ccccc1. The fraction of sp³-hybridized carbons (Fsp3) is 0.213. The molecule has 0 fully saturated rings. The maximum atomic E-state index is 2.35. The summed E-state index contributed by atoms with van der Waals surface area (Å²) in [5, 5.41) is 5.48. The van der Waals surface area contributed by atoms with Crippen LogP contribution < -0.4 is 24.8 Å². The summed E-state index contributed by atoms with van der Waals surface area (Å²) in [4.78, 5) is 0. The zero-order valence-corrected chi connectivity index (χ0v) is 35.7. The maximum absolute atomic E-state index is 2.35. The van der Waals surface area contributed by atoms with Gasteiger partial charge in [-0.05, 0) is 24.7 Å². The van der Waals surface area contributed by atoms with Crippen LogP contribution in [0.5, 0.6) is 0 Å². The number of hydrogen-bond acceptors (Lipinski definition) is 0. The van der Waals surface area contributed by atoms with Gasteiger partial charge in [0, 0.05) is 0 Å². The number of halogens is 2. The monoisotopic (exact) mass is 862 g/mol. The molecule has 7 rings (SSSR count). The second-order valence-corrected chi connectivity index (χ2v) is 16.6. The van der Waals surface area contributed by atoms with Crippen molar-refractivity contribution in [2.24, 2.45) is 0 Å². The molecular weight excluding hydrogens is 814 g/mol. The van der Waals surface area contributed by atoms with Crippen LogP contribution in [0.3, 0.4) is 0 Å². The van der Waals surface area contributed by atoms with Crippen LogP contribution >= 0.6 is 0 Å². The molecule has 0 saturated carbocycles. The number of aryl methyl sites for hydroxylation is 1. The Labute approximate surface area is 327 Å². The summed E-state index contributed by atoms with van der Waals surface area (Å²) in [5.74, 6) is 0. The molecule has 0 unspecified atom stereocenters. The molecule has 0 aliphatic rings. The Morgan fingerprint density at radius 2 is 1.02 bits per heavy atom. The average molecular weight is 862 g/mol. The summed E-state index contributed by atoms with van der Waals surface area (Å²) in [6.45, 7) is 18.0. The third kappa shape index (κ3) is 10.1. The predicted octanol–water partition coefficient (Wildman–Crippen LogP) is 6.81. The van der Waals surface area contributed by atoms with Crippen LogP contribution in [0, 0.1) is 13.8 Å². The van der Waals surface area contributed by atoms with Crippen molar-refractivity contribution in [1.29, 1.82) is 0 Å². The van der Waals surface area contributed by atoms with Gasteiger partial charge in [0.1, 0.15) is 0 Å². The summed E-state index contributed by atoms with van der Waals surface area (Å²) in [7, 11) is 0. The van der Waals surface area contributed by atoms with Crippen LogP contribution in [0.25, 0.3) is 32.7 Å². The normalized spacial score (nSPS) is 11.0. The first-order chi connectivity index (χ1) is 22.8. The number of fused-ring (bicyclic) bond motifs is 3. The van der Waals surface area contributed by atoms with E-state index in [9.17, 15) is 0 Å². The molecule has 3 heteroatoms. The minimum absolute atomic E-state index is 0. The van der Waals surface area contributed by atoms with E-state index in [4.69, 9.17) is 0 Å². The van der Waals surface area contributed by atoms with Gasteiger partial charge in [-0.25, -0.2) is 0 Å². The first-order valence-corrected chi connectivity index (χ1v) is 18.7. The third-order valence-electron chi connectivity index (χ3n) is 9.14. The number of rotatable bonds is 3. The molecule has 7 aromatic rings. The van der Waals surface area contributed by atoms with Gasteiger partial charge in [-0.1, -0.05) is 112 Å². The summed E-state index contributed by atoms with van der Waals surface area (Å²) >= 11 is 1.08. The Morgan fingerprint density at radius 3 is 1.44 bits per heavy atom. The second-order valence-electron chi connectivity index (χ2n) is 14.8. The number of benzene rings is 5.